The van der Waals surface area contributed by atoms with E-state index in [1.807, 2.05) is 0 Å². The third-order valence-electron chi connectivity index (χ3n) is 3.10. The summed E-state index contributed by atoms with van der Waals surface area (Å²) in [4.78, 5) is 28.1. The van der Waals surface area contributed by atoms with Crippen molar-refractivity contribution in [3.05, 3.63) is 54.6 Å². The lowest BCUT2D eigenvalue weighted by molar-refractivity contribution is -0.115. The van der Waals surface area contributed by atoms with Gasteiger partial charge >= 0.3 is 0 Å². The molecule has 0 unspecified atom stereocenters. The highest BCUT2D eigenvalue weighted by Crippen LogP contribution is 2.04. The van der Waals surface area contributed by atoms with Crippen LogP contribution in [-0.4, -0.2) is 42.9 Å². The van der Waals surface area contributed by atoms with Gasteiger partial charge in [-0.15, -0.1) is 0 Å². The molecule has 0 bridgehead atoms. The minimum Gasteiger partial charge on any atom is -0.342 e. The van der Waals surface area contributed by atoms with Crippen LogP contribution in [-0.2, 0) is 11.8 Å². The number of carbonyl (C=O) groups is 2. The van der Waals surface area contributed by atoms with E-state index in [4.69, 9.17) is 0 Å². The molecule has 3 aromatic rings. The first-order chi connectivity index (χ1) is 11.6. The average molecular weight is 325 g/mol. The van der Waals surface area contributed by atoms with Crippen molar-refractivity contribution in [2.75, 3.05) is 11.9 Å². The van der Waals surface area contributed by atoms with Crippen LogP contribution in [0.2, 0.25) is 0 Å². The number of amides is 2. The molecule has 122 valence electrons. The number of rotatable bonds is 5. The van der Waals surface area contributed by atoms with E-state index in [0.717, 1.165) is 0 Å². The zero-order chi connectivity index (χ0) is 16.9. The van der Waals surface area contributed by atoms with Crippen molar-refractivity contribution >= 4 is 17.6 Å². The van der Waals surface area contributed by atoms with Crippen molar-refractivity contribution < 1.29 is 9.59 Å². The number of pyridine rings is 1. The maximum atomic E-state index is 12.1. The van der Waals surface area contributed by atoms with Crippen LogP contribution in [0.25, 0.3) is 5.82 Å². The van der Waals surface area contributed by atoms with E-state index in [1.54, 1.807) is 65.3 Å². The predicted molar refractivity (Wildman–Crippen MR) is 85.5 cm³/mol. The van der Waals surface area contributed by atoms with Crippen LogP contribution in [0.15, 0.2) is 48.9 Å². The van der Waals surface area contributed by atoms with Gasteiger partial charge < -0.3 is 10.6 Å². The summed E-state index contributed by atoms with van der Waals surface area (Å²) in [5.74, 6) is 0.131. The SMILES string of the molecule is Cn1ccc(NC(=O)CNC(=O)c2cccc(-n3cccn3)n2)n1. The number of hydrogen-bond acceptors (Lipinski definition) is 5. The summed E-state index contributed by atoms with van der Waals surface area (Å²) in [5, 5.41) is 13.2. The highest BCUT2D eigenvalue weighted by Gasteiger charge is 2.11. The highest BCUT2D eigenvalue weighted by molar-refractivity contribution is 5.98. The molecule has 2 amide bonds. The molecule has 0 fully saturated rings. The number of hydrogen-bond donors (Lipinski definition) is 2. The van der Waals surface area contributed by atoms with E-state index >= 15 is 0 Å². The molecule has 0 aromatic carbocycles. The molecule has 0 aliphatic carbocycles. The molecule has 0 saturated heterocycles. The molecule has 2 N–H and O–H groups in total. The van der Waals surface area contributed by atoms with E-state index in [0.29, 0.717) is 11.6 Å². The Morgan fingerprint density at radius 3 is 2.75 bits per heavy atom. The van der Waals surface area contributed by atoms with E-state index in [2.05, 4.69) is 25.8 Å². The van der Waals surface area contributed by atoms with Gasteiger partial charge in [0.1, 0.15) is 5.69 Å². The molecule has 0 aliphatic heterocycles. The molecule has 3 aromatic heterocycles. The summed E-state index contributed by atoms with van der Waals surface area (Å²) in [6, 6.07) is 8.43. The van der Waals surface area contributed by atoms with Crippen molar-refractivity contribution in [1.29, 1.82) is 0 Å². The Hall–Kier alpha value is -3.49. The smallest absolute Gasteiger partial charge is 0.270 e. The largest absolute Gasteiger partial charge is 0.342 e. The monoisotopic (exact) mass is 325 g/mol. The Labute approximate surface area is 137 Å². The molecule has 3 rings (SSSR count). The van der Waals surface area contributed by atoms with E-state index in [9.17, 15) is 9.59 Å². The Morgan fingerprint density at radius 1 is 1.17 bits per heavy atom. The molecule has 0 saturated carbocycles. The van der Waals surface area contributed by atoms with Crippen LogP contribution in [0, 0.1) is 0 Å². The van der Waals surface area contributed by atoms with Gasteiger partial charge in [-0.1, -0.05) is 6.07 Å². The quantitative estimate of drug-likeness (QED) is 0.705. The van der Waals surface area contributed by atoms with Gasteiger partial charge in [0, 0.05) is 31.7 Å². The van der Waals surface area contributed by atoms with Gasteiger partial charge in [0.05, 0.1) is 6.54 Å². The predicted octanol–water partition coefficient (Wildman–Crippen LogP) is 0.369. The Morgan fingerprint density at radius 2 is 2.04 bits per heavy atom. The molecular weight excluding hydrogens is 310 g/mol. The first-order valence-corrected chi connectivity index (χ1v) is 7.16. The fourth-order valence-corrected chi connectivity index (χ4v) is 2.00. The second-order valence-electron chi connectivity index (χ2n) is 4.94. The Bertz CT molecular complexity index is 854. The lowest BCUT2D eigenvalue weighted by Crippen LogP contribution is -2.33. The average Bonchev–Trinajstić information content (AvgIpc) is 3.25. The van der Waals surface area contributed by atoms with Crippen molar-refractivity contribution in [2.24, 2.45) is 7.05 Å². The molecule has 0 spiro atoms. The van der Waals surface area contributed by atoms with E-state index in [1.165, 1.54) is 0 Å². The lowest BCUT2D eigenvalue weighted by Gasteiger charge is -2.06. The van der Waals surface area contributed by atoms with Crippen LogP contribution in [0.3, 0.4) is 0 Å². The summed E-state index contributed by atoms with van der Waals surface area (Å²) in [6.45, 7) is -0.177. The Kier molecular flexibility index (Phi) is 4.32. The third kappa shape index (κ3) is 3.64. The van der Waals surface area contributed by atoms with Crippen LogP contribution in [0.5, 0.6) is 0 Å². The number of nitrogens with one attached hydrogen (secondary N) is 2. The first kappa shape index (κ1) is 15.4. The zero-order valence-corrected chi connectivity index (χ0v) is 12.9. The van der Waals surface area contributed by atoms with Gasteiger partial charge in [-0.05, 0) is 18.2 Å². The number of carbonyl (C=O) groups excluding carboxylic acids is 2. The second kappa shape index (κ2) is 6.73. The number of anilines is 1. The number of nitrogens with zero attached hydrogens (tertiary/aromatic N) is 5. The summed E-state index contributed by atoms with van der Waals surface area (Å²) >= 11 is 0. The van der Waals surface area contributed by atoms with Crippen molar-refractivity contribution in [1.82, 2.24) is 29.9 Å². The summed E-state index contributed by atoms with van der Waals surface area (Å²) in [5.41, 5.74) is 0.202. The van der Waals surface area contributed by atoms with Crippen molar-refractivity contribution in [3.63, 3.8) is 0 Å². The van der Waals surface area contributed by atoms with Crippen molar-refractivity contribution in [3.8, 4) is 5.82 Å². The molecule has 0 aliphatic rings. The van der Waals surface area contributed by atoms with Crippen LogP contribution >= 0.6 is 0 Å². The van der Waals surface area contributed by atoms with Gasteiger partial charge in [0.2, 0.25) is 5.91 Å². The van der Waals surface area contributed by atoms with Gasteiger partial charge in [-0.2, -0.15) is 10.2 Å². The summed E-state index contributed by atoms with van der Waals surface area (Å²) in [7, 11) is 1.75. The molecular formula is C15H15N7O2. The minimum absolute atomic E-state index is 0.177. The fraction of sp³-hybridized carbons (Fsp3) is 0.133. The fourth-order valence-electron chi connectivity index (χ4n) is 2.00. The molecule has 9 nitrogen and oxygen atoms in total. The summed E-state index contributed by atoms with van der Waals surface area (Å²) in [6.07, 6.45) is 5.06. The maximum Gasteiger partial charge on any atom is 0.270 e. The van der Waals surface area contributed by atoms with Crippen LogP contribution in [0.4, 0.5) is 5.82 Å². The standard InChI is InChI=1S/C15H15N7O2/c1-21-9-6-12(20-21)19-14(23)10-16-15(24)11-4-2-5-13(18-11)22-8-3-7-17-22/h2-9H,10H2,1H3,(H,16,24)(H,19,20,23). The summed E-state index contributed by atoms with van der Waals surface area (Å²) < 4.78 is 3.11. The van der Waals surface area contributed by atoms with Crippen LogP contribution < -0.4 is 10.6 Å². The third-order valence-corrected chi connectivity index (χ3v) is 3.10. The molecule has 3 heterocycles. The van der Waals surface area contributed by atoms with Gasteiger partial charge in [0.15, 0.2) is 11.6 Å². The second-order valence-corrected chi connectivity index (χ2v) is 4.94. The van der Waals surface area contributed by atoms with Crippen molar-refractivity contribution in [2.45, 2.75) is 0 Å². The number of aryl methyl sites for hydroxylation is 1. The number of aromatic nitrogens is 5. The minimum atomic E-state index is -0.444. The van der Waals surface area contributed by atoms with E-state index in [-0.39, 0.29) is 18.1 Å². The highest BCUT2D eigenvalue weighted by atomic mass is 16.2. The lowest BCUT2D eigenvalue weighted by atomic mass is 10.3. The molecule has 24 heavy (non-hydrogen) atoms. The maximum absolute atomic E-state index is 12.1. The molecule has 9 heteroatoms. The van der Waals surface area contributed by atoms with Gasteiger partial charge in [-0.25, -0.2) is 9.67 Å². The van der Waals surface area contributed by atoms with Gasteiger partial charge in [0.25, 0.3) is 5.91 Å². The molecule has 0 atom stereocenters. The first-order valence-electron chi connectivity index (χ1n) is 7.16. The topological polar surface area (TPSA) is 107 Å². The van der Waals surface area contributed by atoms with E-state index < -0.39 is 5.91 Å². The normalized spacial score (nSPS) is 10.4. The zero-order valence-electron chi connectivity index (χ0n) is 12.9. The van der Waals surface area contributed by atoms with Gasteiger partial charge in [-0.3, -0.25) is 14.3 Å². The van der Waals surface area contributed by atoms with Crippen LogP contribution in [0.1, 0.15) is 10.5 Å². The molecule has 0 radical (unpaired) electrons. The Balaban J connectivity index is 1.59.